The summed E-state index contributed by atoms with van der Waals surface area (Å²) in [6, 6.07) is 15.2. The quantitative estimate of drug-likeness (QED) is 0.579. The van der Waals surface area contributed by atoms with Gasteiger partial charge in [-0.1, -0.05) is 24.3 Å². The molecule has 0 spiro atoms. The molecule has 6 heteroatoms. The van der Waals surface area contributed by atoms with E-state index >= 15 is 0 Å². The maximum Gasteiger partial charge on any atom is 0.258 e. The molecule has 26 heavy (non-hydrogen) atoms. The first-order valence-corrected chi connectivity index (χ1v) is 8.70. The van der Waals surface area contributed by atoms with Gasteiger partial charge < -0.3 is 9.40 Å². The Labute approximate surface area is 150 Å². The number of hydrogen-bond donors (Lipinski definition) is 1. The number of nitrogens with one attached hydrogen (secondary N) is 1. The van der Waals surface area contributed by atoms with Crippen molar-refractivity contribution in [3.05, 3.63) is 70.6 Å². The lowest BCUT2D eigenvalue weighted by Crippen LogP contribution is -2.23. The van der Waals surface area contributed by atoms with E-state index in [-0.39, 0.29) is 5.56 Å². The lowest BCUT2D eigenvalue weighted by atomic mass is 10.2. The van der Waals surface area contributed by atoms with Gasteiger partial charge in [-0.2, -0.15) is 0 Å². The molecule has 132 valence electrons. The molecule has 2 heterocycles. The predicted octanol–water partition coefficient (Wildman–Crippen LogP) is 3.13. The summed E-state index contributed by atoms with van der Waals surface area (Å²) in [6.45, 7) is 1.45. The highest BCUT2D eigenvalue weighted by Crippen LogP contribution is 2.15. The normalized spacial score (nSPS) is 11.6. The molecule has 1 N–H and O–H groups in total. The van der Waals surface area contributed by atoms with Crippen LogP contribution >= 0.6 is 0 Å². The van der Waals surface area contributed by atoms with Crippen molar-refractivity contribution in [2.24, 2.45) is 0 Å². The number of aryl methyl sites for hydroxylation is 1. The van der Waals surface area contributed by atoms with Crippen molar-refractivity contribution in [3.8, 4) is 0 Å². The number of para-hydroxylation sites is 3. The van der Waals surface area contributed by atoms with Crippen LogP contribution in [-0.4, -0.2) is 33.4 Å². The Balaban J connectivity index is 1.36. The van der Waals surface area contributed by atoms with E-state index in [0.29, 0.717) is 17.8 Å². The van der Waals surface area contributed by atoms with Crippen molar-refractivity contribution >= 4 is 22.0 Å². The summed E-state index contributed by atoms with van der Waals surface area (Å²) < 4.78 is 5.74. The number of H-pyrrole nitrogens is 1. The Morgan fingerprint density at radius 3 is 2.65 bits per heavy atom. The van der Waals surface area contributed by atoms with Crippen LogP contribution < -0.4 is 5.56 Å². The fourth-order valence-corrected chi connectivity index (χ4v) is 3.07. The Bertz CT molecular complexity index is 1070. The fourth-order valence-electron chi connectivity index (χ4n) is 3.07. The molecule has 0 aliphatic rings. The predicted molar refractivity (Wildman–Crippen MR) is 101 cm³/mol. The second-order valence-electron chi connectivity index (χ2n) is 6.45. The van der Waals surface area contributed by atoms with E-state index in [4.69, 9.17) is 4.42 Å². The van der Waals surface area contributed by atoms with Crippen molar-refractivity contribution in [1.82, 2.24) is 19.9 Å². The molecular formula is C20H20N4O2. The lowest BCUT2D eigenvalue weighted by molar-refractivity contribution is 0.310. The molecule has 0 saturated heterocycles. The maximum atomic E-state index is 12.1. The van der Waals surface area contributed by atoms with E-state index in [9.17, 15) is 4.79 Å². The zero-order valence-corrected chi connectivity index (χ0v) is 14.6. The molecule has 6 nitrogen and oxygen atoms in total. The molecule has 4 rings (SSSR count). The minimum Gasteiger partial charge on any atom is -0.441 e. The number of aromatic nitrogens is 3. The van der Waals surface area contributed by atoms with E-state index < -0.39 is 0 Å². The molecule has 2 aromatic carbocycles. The number of aromatic amines is 1. The molecule has 4 aromatic rings. The number of oxazole rings is 1. The molecule has 2 aromatic heterocycles. The number of hydrogen-bond acceptors (Lipinski definition) is 5. The van der Waals surface area contributed by atoms with E-state index in [1.807, 2.05) is 49.5 Å². The van der Waals surface area contributed by atoms with Crippen LogP contribution in [0.25, 0.3) is 22.0 Å². The van der Waals surface area contributed by atoms with Crippen LogP contribution in [0.2, 0.25) is 0 Å². The number of fused-ring (bicyclic) bond motifs is 2. The van der Waals surface area contributed by atoms with Gasteiger partial charge in [0, 0.05) is 6.42 Å². The number of benzene rings is 2. The minimum absolute atomic E-state index is 0.0922. The van der Waals surface area contributed by atoms with Gasteiger partial charge in [0.2, 0.25) is 0 Å². The van der Waals surface area contributed by atoms with Crippen LogP contribution in [-0.2, 0) is 13.0 Å². The summed E-state index contributed by atoms with van der Waals surface area (Å²) in [5.41, 5.74) is 2.36. The second-order valence-corrected chi connectivity index (χ2v) is 6.45. The Hall–Kier alpha value is -2.99. The Morgan fingerprint density at radius 2 is 1.81 bits per heavy atom. The van der Waals surface area contributed by atoms with Gasteiger partial charge in [-0.25, -0.2) is 9.97 Å². The second kappa shape index (κ2) is 7.09. The van der Waals surface area contributed by atoms with Gasteiger partial charge in [-0.3, -0.25) is 9.69 Å². The number of rotatable bonds is 6. The van der Waals surface area contributed by atoms with E-state index in [0.717, 1.165) is 41.9 Å². The van der Waals surface area contributed by atoms with Crippen LogP contribution in [0.3, 0.4) is 0 Å². The van der Waals surface area contributed by atoms with Crippen LogP contribution in [0, 0.1) is 0 Å². The third-order valence-corrected chi connectivity index (χ3v) is 4.35. The van der Waals surface area contributed by atoms with Gasteiger partial charge in [0.1, 0.15) is 11.3 Å². The smallest absolute Gasteiger partial charge is 0.258 e. The molecule has 0 aliphatic heterocycles. The summed E-state index contributed by atoms with van der Waals surface area (Å²) in [7, 11) is 2.02. The first kappa shape index (κ1) is 16.5. The first-order chi connectivity index (χ1) is 12.7. The van der Waals surface area contributed by atoms with Gasteiger partial charge in [-0.05, 0) is 44.3 Å². The molecular weight excluding hydrogens is 328 g/mol. The van der Waals surface area contributed by atoms with Gasteiger partial charge in [0.05, 0.1) is 17.4 Å². The summed E-state index contributed by atoms with van der Waals surface area (Å²) in [4.78, 5) is 26.2. The highest BCUT2D eigenvalue weighted by Gasteiger charge is 2.08. The van der Waals surface area contributed by atoms with Gasteiger partial charge in [0.15, 0.2) is 11.5 Å². The SMILES string of the molecule is CN(CCCc1nc2ccccc2o1)Cc1nc2ccccc2c(=O)[nH]1. The zero-order valence-electron chi connectivity index (χ0n) is 14.6. The summed E-state index contributed by atoms with van der Waals surface area (Å²) >= 11 is 0. The van der Waals surface area contributed by atoms with Crippen molar-refractivity contribution in [3.63, 3.8) is 0 Å². The summed E-state index contributed by atoms with van der Waals surface area (Å²) in [6.07, 6.45) is 1.70. The van der Waals surface area contributed by atoms with Crippen LogP contribution in [0.5, 0.6) is 0 Å². The van der Waals surface area contributed by atoms with Crippen molar-refractivity contribution in [2.45, 2.75) is 19.4 Å². The molecule has 0 amide bonds. The number of nitrogens with zero attached hydrogens (tertiary/aromatic N) is 3. The van der Waals surface area contributed by atoms with Gasteiger partial charge in [0.25, 0.3) is 5.56 Å². The molecule has 0 radical (unpaired) electrons. The highest BCUT2D eigenvalue weighted by molar-refractivity contribution is 5.77. The lowest BCUT2D eigenvalue weighted by Gasteiger charge is -2.15. The summed E-state index contributed by atoms with van der Waals surface area (Å²) in [5, 5.41) is 0.620. The van der Waals surface area contributed by atoms with E-state index in [1.54, 1.807) is 6.07 Å². The van der Waals surface area contributed by atoms with Crippen LogP contribution in [0.4, 0.5) is 0 Å². The Morgan fingerprint density at radius 1 is 1.04 bits per heavy atom. The molecule has 0 bridgehead atoms. The highest BCUT2D eigenvalue weighted by atomic mass is 16.3. The molecule has 0 unspecified atom stereocenters. The fraction of sp³-hybridized carbons (Fsp3) is 0.250. The average Bonchev–Trinajstić information content (AvgIpc) is 3.04. The monoisotopic (exact) mass is 348 g/mol. The van der Waals surface area contributed by atoms with Crippen LogP contribution in [0.1, 0.15) is 18.1 Å². The standard InChI is InChI=1S/C20H20N4O2/c1-24(12-6-11-19-22-16-9-4-5-10-17(16)26-19)13-18-21-15-8-3-2-7-14(15)20(25)23-18/h2-5,7-10H,6,11-13H2,1H3,(H,21,23,25). The molecule has 0 fully saturated rings. The van der Waals surface area contributed by atoms with Crippen molar-refractivity contribution < 1.29 is 4.42 Å². The third-order valence-electron chi connectivity index (χ3n) is 4.35. The minimum atomic E-state index is -0.0922. The van der Waals surface area contributed by atoms with Gasteiger partial charge in [-0.15, -0.1) is 0 Å². The molecule has 0 saturated carbocycles. The average molecular weight is 348 g/mol. The van der Waals surface area contributed by atoms with Crippen molar-refractivity contribution in [2.75, 3.05) is 13.6 Å². The van der Waals surface area contributed by atoms with E-state index in [1.165, 1.54) is 0 Å². The summed E-state index contributed by atoms with van der Waals surface area (Å²) in [5.74, 6) is 1.44. The Kier molecular flexibility index (Phi) is 4.50. The third kappa shape index (κ3) is 3.50. The first-order valence-electron chi connectivity index (χ1n) is 8.70. The van der Waals surface area contributed by atoms with Crippen molar-refractivity contribution in [1.29, 1.82) is 0 Å². The van der Waals surface area contributed by atoms with Gasteiger partial charge >= 0.3 is 0 Å². The molecule has 0 aliphatic carbocycles. The molecule has 0 atom stereocenters. The van der Waals surface area contributed by atoms with E-state index in [2.05, 4.69) is 19.9 Å². The largest absolute Gasteiger partial charge is 0.441 e. The topological polar surface area (TPSA) is 75.0 Å². The van der Waals surface area contributed by atoms with Crippen LogP contribution in [0.15, 0.2) is 57.7 Å². The maximum absolute atomic E-state index is 12.1. The zero-order chi connectivity index (χ0) is 17.9.